The van der Waals surface area contributed by atoms with Crippen LogP contribution in [0.1, 0.15) is 12.5 Å². The van der Waals surface area contributed by atoms with Crippen molar-refractivity contribution in [2.24, 2.45) is 0 Å². The van der Waals surface area contributed by atoms with Crippen molar-refractivity contribution in [1.82, 2.24) is 0 Å². The fourth-order valence-electron chi connectivity index (χ4n) is 2.16. The number of nitro groups is 3. The van der Waals surface area contributed by atoms with Crippen LogP contribution in [0.15, 0.2) is 24.3 Å². The first kappa shape index (κ1) is 14.3. The summed E-state index contributed by atoms with van der Waals surface area (Å²) in [5.74, 6) is 0. The minimum absolute atomic E-state index is 0.226. The van der Waals surface area contributed by atoms with Gasteiger partial charge in [0, 0.05) is 12.1 Å². The van der Waals surface area contributed by atoms with Gasteiger partial charge in [0.25, 0.3) is 5.69 Å². The van der Waals surface area contributed by atoms with Gasteiger partial charge in [-0.2, -0.15) is 0 Å². The van der Waals surface area contributed by atoms with Gasteiger partial charge in [0.05, 0.1) is 14.8 Å². The van der Waals surface area contributed by atoms with Crippen LogP contribution >= 0.6 is 0 Å². The Bertz CT molecular complexity index is 786. The Labute approximate surface area is 117 Å². The molecule has 0 saturated heterocycles. The summed E-state index contributed by atoms with van der Waals surface area (Å²) >= 11 is 0. The van der Waals surface area contributed by atoms with Gasteiger partial charge in [-0.05, 0) is 23.4 Å². The predicted octanol–water partition coefficient (Wildman–Crippen LogP) is 3.14. The smallest absolute Gasteiger partial charge is 0.258 e. The second-order valence-corrected chi connectivity index (χ2v) is 4.09. The molecule has 0 bridgehead atoms. The molecule has 21 heavy (non-hydrogen) atoms. The third-order valence-corrected chi connectivity index (χ3v) is 3.03. The van der Waals surface area contributed by atoms with E-state index in [1.54, 1.807) is 13.3 Å². The number of nitrogens with zero attached hydrogens (tertiary/aromatic N) is 3. The molecular weight excluding hydrogens is 282 g/mol. The lowest BCUT2D eigenvalue weighted by atomic mass is 9.99. The lowest BCUT2D eigenvalue weighted by molar-refractivity contribution is -0.422. The van der Waals surface area contributed by atoms with Crippen molar-refractivity contribution >= 4 is 27.8 Å². The van der Waals surface area contributed by atoms with Crippen LogP contribution in [0.4, 0.5) is 17.1 Å². The van der Waals surface area contributed by atoms with Crippen molar-refractivity contribution < 1.29 is 14.8 Å². The zero-order chi connectivity index (χ0) is 15.7. The van der Waals surface area contributed by atoms with E-state index in [1.165, 1.54) is 12.1 Å². The molecule has 0 spiro atoms. The van der Waals surface area contributed by atoms with Gasteiger partial charge in [-0.1, -0.05) is 13.0 Å². The summed E-state index contributed by atoms with van der Waals surface area (Å²) < 4.78 is 0. The number of hydrogen-bond acceptors (Lipinski definition) is 6. The molecule has 2 aromatic carbocycles. The normalized spacial score (nSPS) is 10.5. The highest BCUT2D eigenvalue weighted by molar-refractivity contribution is 6.03. The van der Waals surface area contributed by atoms with E-state index in [1.807, 2.05) is 0 Å². The molecule has 0 aromatic heterocycles. The largest absolute Gasteiger partial charge is 0.360 e. The maximum atomic E-state index is 11.2. The Hall–Kier alpha value is -3.10. The van der Waals surface area contributed by atoms with E-state index < -0.39 is 31.8 Å². The van der Waals surface area contributed by atoms with Gasteiger partial charge in [-0.15, -0.1) is 0 Å². The van der Waals surface area contributed by atoms with E-state index in [-0.39, 0.29) is 10.8 Å². The molecule has 0 unspecified atom stereocenters. The molecule has 0 heterocycles. The zero-order valence-electron chi connectivity index (χ0n) is 10.7. The summed E-state index contributed by atoms with van der Waals surface area (Å²) in [6.07, 6.45) is 1.61. The third kappa shape index (κ3) is 2.24. The molecule has 107 valence electrons. The van der Waals surface area contributed by atoms with Crippen LogP contribution in [0.3, 0.4) is 0 Å². The third-order valence-electron chi connectivity index (χ3n) is 3.03. The quantitative estimate of drug-likeness (QED) is 0.628. The van der Waals surface area contributed by atoms with Gasteiger partial charge in [0.2, 0.25) is 0 Å². The number of non-ortho nitro benzene ring substituents is 1. The van der Waals surface area contributed by atoms with Crippen molar-refractivity contribution in [2.75, 3.05) is 0 Å². The first-order valence-corrected chi connectivity index (χ1v) is 5.70. The Kier molecular flexibility index (Phi) is 3.49. The SMILES string of the molecule is C[CH]c1ccc([N+](=O)[O-])c2c([N+](=O)[O-])c([N+](=O)[O-])ccc12. The van der Waals surface area contributed by atoms with Crippen LogP contribution in [0, 0.1) is 36.8 Å². The molecule has 2 aromatic rings. The lowest BCUT2D eigenvalue weighted by Crippen LogP contribution is -2.01. The van der Waals surface area contributed by atoms with E-state index in [9.17, 15) is 30.3 Å². The van der Waals surface area contributed by atoms with Crippen molar-refractivity contribution in [3.05, 3.63) is 66.6 Å². The average molecular weight is 290 g/mol. The van der Waals surface area contributed by atoms with Crippen LogP contribution in [0.2, 0.25) is 0 Å². The van der Waals surface area contributed by atoms with Crippen LogP contribution in [-0.4, -0.2) is 14.8 Å². The van der Waals surface area contributed by atoms with Gasteiger partial charge < -0.3 is 0 Å². The Morgan fingerprint density at radius 3 is 1.90 bits per heavy atom. The fraction of sp³-hybridized carbons (Fsp3) is 0.0833. The van der Waals surface area contributed by atoms with Crippen molar-refractivity contribution in [3.8, 4) is 0 Å². The molecule has 0 N–H and O–H groups in total. The summed E-state index contributed by atoms with van der Waals surface area (Å²) in [6, 6.07) is 4.81. The standard InChI is InChI=1S/C12H8N3O6/c1-2-7-3-5-9(13(16)17)11-8(7)4-6-10(14(18)19)12(11)15(20)21/h2-6H,1H3. The van der Waals surface area contributed by atoms with Crippen LogP contribution in [0.25, 0.3) is 10.8 Å². The minimum Gasteiger partial charge on any atom is -0.258 e. The topological polar surface area (TPSA) is 129 Å². The van der Waals surface area contributed by atoms with Gasteiger partial charge in [0.15, 0.2) is 0 Å². The van der Waals surface area contributed by atoms with Crippen molar-refractivity contribution in [2.45, 2.75) is 6.92 Å². The Morgan fingerprint density at radius 1 is 0.857 bits per heavy atom. The average Bonchev–Trinajstić information content (AvgIpc) is 2.43. The number of fused-ring (bicyclic) bond motifs is 1. The first-order chi connectivity index (χ1) is 9.88. The molecular formula is C12H8N3O6. The number of benzene rings is 2. The molecule has 0 aliphatic heterocycles. The van der Waals surface area contributed by atoms with E-state index in [2.05, 4.69) is 0 Å². The summed E-state index contributed by atoms with van der Waals surface area (Å²) in [7, 11) is 0. The highest BCUT2D eigenvalue weighted by Gasteiger charge is 2.33. The molecule has 0 amide bonds. The Morgan fingerprint density at radius 2 is 1.43 bits per heavy atom. The Balaban J connectivity index is 3.08. The predicted molar refractivity (Wildman–Crippen MR) is 73.0 cm³/mol. The molecule has 0 saturated carbocycles. The van der Waals surface area contributed by atoms with Crippen LogP contribution < -0.4 is 0 Å². The van der Waals surface area contributed by atoms with E-state index in [4.69, 9.17) is 0 Å². The highest BCUT2D eigenvalue weighted by atomic mass is 16.6. The summed E-state index contributed by atoms with van der Waals surface area (Å²) in [6.45, 7) is 1.66. The van der Waals surface area contributed by atoms with Gasteiger partial charge in [-0.3, -0.25) is 30.3 Å². The monoisotopic (exact) mass is 290 g/mol. The number of rotatable bonds is 4. The maximum absolute atomic E-state index is 11.2. The van der Waals surface area contributed by atoms with Crippen LogP contribution in [-0.2, 0) is 0 Å². The molecule has 9 heteroatoms. The molecule has 0 fully saturated rings. The number of nitro benzene ring substituents is 3. The molecule has 0 aliphatic rings. The van der Waals surface area contributed by atoms with Gasteiger partial charge in [0.1, 0.15) is 5.39 Å². The molecule has 9 nitrogen and oxygen atoms in total. The van der Waals surface area contributed by atoms with Crippen LogP contribution in [0.5, 0.6) is 0 Å². The zero-order valence-corrected chi connectivity index (χ0v) is 10.7. The van der Waals surface area contributed by atoms with Gasteiger partial charge in [-0.25, -0.2) is 0 Å². The molecule has 2 rings (SSSR count). The van der Waals surface area contributed by atoms with E-state index in [0.717, 1.165) is 12.1 Å². The summed E-state index contributed by atoms with van der Waals surface area (Å²) in [4.78, 5) is 30.5. The number of hydrogen-bond donors (Lipinski definition) is 0. The van der Waals surface area contributed by atoms with Crippen molar-refractivity contribution in [3.63, 3.8) is 0 Å². The van der Waals surface area contributed by atoms with E-state index >= 15 is 0 Å². The van der Waals surface area contributed by atoms with E-state index in [0.29, 0.717) is 5.56 Å². The highest BCUT2D eigenvalue weighted by Crippen LogP contribution is 2.41. The van der Waals surface area contributed by atoms with Gasteiger partial charge >= 0.3 is 11.4 Å². The second-order valence-electron chi connectivity index (χ2n) is 4.09. The fourth-order valence-corrected chi connectivity index (χ4v) is 2.16. The molecule has 0 atom stereocenters. The maximum Gasteiger partial charge on any atom is 0.360 e. The lowest BCUT2D eigenvalue weighted by Gasteiger charge is -2.06. The second kappa shape index (κ2) is 5.12. The summed E-state index contributed by atoms with van der Waals surface area (Å²) in [5.41, 5.74) is -1.66. The first-order valence-electron chi connectivity index (χ1n) is 5.70. The van der Waals surface area contributed by atoms with Crippen molar-refractivity contribution in [1.29, 1.82) is 0 Å². The molecule has 1 radical (unpaired) electrons. The molecule has 0 aliphatic carbocycles. The minimum atomic E-state index is -0.965. The summed E-state index contributed by atoms with van der Waals surface area (Å²) in [5, 5.41) is 33.1.